The van der Waals surface area contributed by atoms with Crippen molar-refractivity contribution in [3.05, 3.63) is 168 Å². The summed E-state index contributed by atoms with van der Waals surface area (Å²) >= 11 is 0. The Morgan fingerprint density at radius 3 is 2.15 bits per heavy atom. The first-order valence-corrected chi connectivity index (χ1v) is 22.5. The van der Waals surface area contributed by atoms with Gasteiger partial charge < -0.3 is 14.4 Å². The van der Waals surface area contributed by atoms with Gasteiger partial charge in [-0.2, -0.15) is 0 Å². The number of hydrogen-bond acceptors (Lipinski definition) is 2. The van der Waals surface area contributed by atoms with Gasteiger partial charge in [-0.05, 0) is 120 Å². The van der Waals surface area contributed by atoms with Crippen LogP contribution in [0.4, 0.5) is 22.7 Å². The van der Waals surface area contributed by atoms with Crippen LogP contribution < -0.4 is 26.2 Å². The van der Waals surface area contributed by atoms with E-state index in [0.717, 1.165) is 19.3 Å². The van der Waals surface area contributed by atoms with E-state index in [9.17, 15) is 0 Å². The van der Waals surface area contributed by atoms with Crippen LogP contribution in [0.15, 0.2) is 146 Å². The zero-order valence-corrected chi connectivity index (χ0v) is 35.0. The standard InChI is InChI=1S/C56H48BN3/c1-53-29-12-13-30-55(53,3)59(47-27-26-37(32-43(47)53)35-16-6-5-7-17-35)38-33-48-50-49(34-38)60-52-42(54(2)31-28-36-18-8-10-21-41(36)56(54,60)4)22-15-24-45(52)57(50)44-23-14-20-40-39-19-9-11-25-46(39)58(48)51(40)44/h5-11,14-27,32-34H,12-13,28-31H2,1-4H3. The average molecular weight is 774 g/mol. The molecule has 290 valence electrons. The molecular formula is C56H48BN3. The zero-order valence-electron chi connectivity index (χ0n) is 35.0. The Labute approximate surface area is 353 Å². The van der Waals surface area contributed by atoms with Gasteiger partial charge in [-0.25, -0.2) is 0 Å². The van der Waals surface area contributed by atoms with Gasteiger partial charge in [0.25, 0.3) is 6.71 Å². The fraction of sp³-hybridized carbons (Fsp3) is 0.250. The fourth-order valence-electron chi connectivity index (χ4n) is 14.3. The quantitative estimate of drug-likeness (QED) is 0.162. The predicted molar refractivity (Wildman–Crippen MR) is 252 cm³/mol. The molecule has 0 radical (unpaired) electrons. The smallest absolute Gasteiger partial charge is 0.252 e. The van der Waals surface area contributed by atoms with E-state index in [1.54, 1.807) is 0 Å². The van der Waals surface area contributed by atoms with Crippen LogP contribution >= 0.6 is 0 Å². The van der Waals surface area contributed by atoms with Crippen molar-refractivity contribution in [3.63, 3.8) is 0 Å². The van der Waals surface area contributed by atoms with Crippen molar-refractivity contribution in [3.8, 4) is 16.8 Å². The van der Waals surface area contributed by atoms with E-state index < -0.39 is 0 Å². The predicted octanol–water partition coefficient (Wildman–Crippen LogP) is 11.6. The van der Waals surface area contributed by atoms with E-state index in [1.807, 2.05) is 0 Å². The Morgan fingerprint density at radius 2 is 1.25 bits per heavy atom. The number of hydrogen-bond donors (Lipinski definition) is 0. The maximum Gasteiger partial charge on any atom is 0.252 e. The Bertz CT molecular complexity index is 3220. The zero-order chi connectivity index (χ0) is 39.9. The van der Waals surface area contributed by atoms with E-state index in [4.69, 9.17) is 0 Å². The van der Waals surface area contributed by atoms with Crippen molar-refractivity contribution in [2.45, 2.75) is 88.1 Å². The fourth-order valence-corrected chi connectivity index (χ4v) is 14.3. The number of nitrogens with zero attached hydrogens (tertiary/aromatic N) is 3. The van der Waals surface area contributed by atoms with E-state index in [1.165, 1.54) is 119 Å². The summed E-state index contributed by atoms with van der Waals surface area (Å²) in [5.74, 6) is 0. The number of benzene rings is 7. The van der Waals surface area contributed by atoms with E-state index in [0.29, 0.717) is 0 Å². The summed E-state index contributed by atoms with van der Waals surface area (Å²) < 4.78 is 2.66. The van der Waals surface area contributed by atoms with Crippen LogP contribution in [0, 0.1) is 0 Å². The highest BCUT2D eigenvalue weighted by molar-refractivity contribution is 7.00. The molecule has 0 amide bonds. The summed E-state index contributed by atoms with van der Waals surface area (Å²) in [5.41, 5.74) is 22.0. The summed E-state index contributed by atoms with van der Waals surface area (Å²) in [6.45, 7) is 10.5. The minimum Gasteiger partial charge on any atom is -0.334 e. The molecule has 5 heterocycles. The van der Waals surface area contributed by atoms with Gasteiger partial charge in [0, 0.05) is 55.6 Å². The van der Waals surface area contributed by atoms with Crippen LogP contribution in [0.5, 0.6) is 0 Å². The van der Waals surface area contributed by atoms with Crippen molar-refractivity contribution in [1.82, 2.24) is 4.57 Å². The lowest BCUT2D eigenvalue weighted by atomic mass is 9.33. The Balaban J connectivity index is 1.12. The van der Waals surface area contributed by atoms with Crippen LogP contribution in [0.2, 0.25) is 0 Å². The molecule has 1 saturated carbocycles. The van der Waals surface area contributed by atoms with Gasteiger partial charge in [0.2, 0.25) is 0 Å². The van der Waals surface area contributed by atoms with Crippen molar-refractivity contribution in [2.24, 2.45) is 0 Å². The van der Waals surface area contributed by atoms with Crippen molar-refractivity contribution in [1.29, 1.82) is 0 Å². The maximum atomic E-state index is 2.88. The van der Waals surface area contributed by atoms with E-state index >= 15 is 0 Å². The molecule has 2 aliphatic carbocycles. The number of aryl methyl sites for hydroxylation is 1. The highest BCUT2D eigenvalue weighted by Gasteiger charge is 2.63. The molecule has 0 spiro atoms. The third-order valence-corrected chi connectivity index (χ3v) is 17.6. The van der Waals surface area contributed by atoms with Gasteiger partial charge in [-0.15, -0.1) is 0 Å². The number of aromatic nitrogens is 1. The number of para-hydroxylation sites is 3. The van der Waals surface area contributed by atoms with Crippen LogP contribution in [-0.2, 0) is 22.8 Å². The minimum atomic E-state index is -0.278. The van der Waals surface area contributed by atoms with Crippen molar-refractivity contribution in [2.75, 3.05) is 9.80 Å². The molecule has 0 bridgehead atoms. The van der Waals surface area contributed by atoms with Crippen LogP contribution in [0.3, 0.4) is 0 Å². The van der Waals surface area contributed by atoms with Gasteiger partial charge in [-0.1, -0.05) is 142 Å². The van der Waals surface area contributed by atoms with Crippen LogP contribution in [0.1, 0.15) is 82.1 Å². The van der Waals surface area contributed by atoms with Crippen LogP contribution in [-0.4, -0.2) is 16.8 Å². The van der Waals surface area contributed by atoms with Gasteiger partial charge in [-0.3, -0.25) is 0 Å². The summed E-state index contributed by atoms with van der Waals surface area (Å²) in [6.07, 6.45) is 7.09. The summed E-state index contributed by atoms with van der Waals surface area (Å²) in [6, 6.07) is 56.7. The molecule has 4 heteroatoms. The molecule has 60 heavy (non-hydrogen) atoms. The first kappa shape index (κ1) is 33.8. The van der Waals surface area contributed by atoms with Gasteiger partial charge >= 0.3 is 0 Å². The second-order valence-corrected chi connectivity index (χ2v) is 19.8. The van der Waals surface area contributed by atoms with Gasteiger partial charge in [0.05, 0.1) is 16.6 Å². The molecule has 6 aliphatic rings. The Hall–Kier alpha value is -6.00. The molecule has 0 N–H and O–H groups in total. The number of rotatable bonds is 2. The topological polar surface area (TPSA) is 11.4 Å². The minimum absolute atomic E-state index is 0.00132. The van der Waals surface area contributed by atoms with Crippen LogP contribution in [0.25, 0.3) is 38.6 Å². The normalized spacial score (nSPS) is 26.1. The lowest BCUT2D eigenvalue weighted by molar-refractivity contribution is 0.195. The molecule has 1 aromatic heterocycles. The molecule has 7 aromatic carbocycles. The first-order valence-electron chi connectivity index (χ1n) is 22.5. The molecule has 4 unspecified atom stereocenters. The lowest BCUT2D eigenvalue weighted by Gasteiger charge is -2.53. The first-order chi connectivity index (χ1) is 29.3. The molecular weight excluding hydrogens is 725 g/mol. The summed E-state index contributed by atoms with van der Waals surface area (Å²) in [4.78, 5) is 5.71. The highest BCUT2D eigenvalue weighted by Crippen LogP contribution is 2.66. The SMILES string of the molecule is CC12CCCCC1(C)N(c1cc3c4c(c1)-n1c5ccccc5c5cccc(c51)B4c1cccc4c1N3C1(C)c3ccccc3CCC41C)c1ccc(-c3ccccc3)cc12. The summed E-state index contributed by atoms with van der Waals surface area (Å²) in [7, 11) is 0. The second kappa shape index (κ2) is 11.0. The molecule has 4 aliphatic heterocycles. The molecule has 0 saturated heterocycles. The number of fused-ring (bicyclic) bond motifs is 15. The van der Waals surface area contributed by atoms with E-state index in [2.05, 4.69) is 188 Å². The average Bonchev–Trinajstić information content (AvgIpc) is 3.81. The number of anilines is 4. The molecule has 4 atom stereocenters. The lowest BCUT2D eigenvalue weighted by Crippen LogP contribution is -2.63. The monoisotopic (exact) mass is 773 g/mol. The van der Waals surface area contributed by atoms with Crippen molar-refractivity contribution >= 4 is 67.7 Å². The Morgan fingerprint density at radius 1 is 0.517 bits per heavy atom. The molecule has 14 rings (SSSR count). The van der Waals surface area contributed by atoms with Gasteiger partial charge in [0.15, 0.2) is 0 Å². The molecule has 1 fully saturated rings. The summed E-state index contributed by atoms with van der Waals surface area (Å²) in [5, 5.41) is 2.68. The highest BCUT2D eigenvalue weighted by atomic mass is 15.3. The maximum absolute atomic E-state index is 2.88. The third kappa shape index (κ3) is 3.67. The molecule has 3 nitrogen and oxygen atoms in total. The largest absolute Gasteiger partial charge is 0.334 e. The van der Waals surface area contributed by atoms with E-state index in [-0.39, 0.29) is 28.6 Å². The second-order valence-electron chi connectivity index (χ2n) is 19.8. The Kier molecular flexibility index (Phi) is 6.21. The third-order valence-electron chi connectivity index (χ3n) is 17.6. The van der Waals surface area contributed by atoms with Crippen molar-refractivity contribution < 1.29 is 0 Å². The van der Waals surface area contributed by atoms with Gasteiger partial charge in [0.1, 0.15) is 0 Å². The molecule has 8 aromatic rings.